The molecule has 3 aromatic rings. The molecule has 136 valence electrons. The molecule has 0 spiro atoms. The lowest BCUT2D eigenvalue weighted by Crippen LogP contribution is -2.20. The van der Waals surface area contributed by atoms with Gasteiger partial charge >= 0.3 is 0 Å². The van der Waals surface area contributed by atoms with Crippen LogP contribution in [0.15, 0.2) is 39.7 Å². The summed E-state index contributed by atoms with van der Waals surface area (Å²) in [7, 11) is 0. The van der Waals surface area contributed by atoms with Crippen LogP contribution in [0.4, 0.5) is 5.82 Å². The second-order valence-electron chi connectivity index (χ2n) is 6.36. The molecule has 3 heterocycles. The zero-order chi connectivity index (χ0) is 18.7. The van der Waals surface area contributed by atoms with Gasteiger partial charge < -0.3 is 9.73 Å². The van der Waals surface area contributed by atoms with Crippen molar-refractivity contribution in [3.05, 3.63) is 46.6 Å². The number of aryl methyl sites for hydroxylation is 1. The van der Waals surface area contributed by atoms with Gasteiger partial charge in [0.25, 0.3) is 5.56 Å². The van der Waals surface area contributed by atoms with Gasteiger partial charge in [-0.25, -0.2) is 4.98 Å². The minimum Gasteiger partial charge on any atom is -0.463 e. The van der Waals surface area contributed by atoms with Crippen molar-refractivity contribution in [1.29, 1.82) is 0 Å². The molecule has 8 heteroatoms. The van der Waals surface area contributed by atoms with Gasteiger partial charge in [0.05, 0.1) is 6.26 Å². The predicted octanol–water partition coefficient (Wildman–Crippen LogP) is 2.76. The summed E-state index contributed by atoms with van der Waals surface area (Å²) in [6, 6.07) is 6.65. The van der Waals surface area contributed by atoms with E-state index < -0.39 is 0 Å². The molecule has 26 heavy (non-hydrogen) atoms. The first-order chi connectivity index (χ1) is 12.5. The number of nitrogens with zero attached hydrogens (tertiary/aromatic N) is 3. The molecular weight excluding hydrogens is 334 g/mol. The first-order valence-corrected chi connectivity index (χ1v) is 8.50. The molecule has 0 aromatic carbocycles. The monoisotopic (exact) mass is 355 g/mol. The average Bonchev–Trinajstić information content (AvgIpc) is 3.22. The van der Waals surface area contributed by atoms with E-state index in [0.717, 1.165) is 0 Å². The van der Waals surface area contributed by atoms with E-state index >= 15 is 0 Å². The topological polar surface area (TPSA) is 106 Å². The van der Waals surface area contributed by atoms with Crippen molar-refractivity contribution < 1.29 is 9.21 Å². The van der Waals surface area contributed by atoms with Gasteiger partial charge in [0.1, 0.15) is 11.5 Å². The van der Waals surface area contributed by atoms with Gasteiger partial charge in [-0.15, -0.1) is 0 Å². The smallest absolute Gasteiger partial charge is 0.252 e. The third kappa shape index (κ3) is 3.90. The average molecular weight is 355 g/mol. The molecule has 0 fully saturated rings. The summed E-state index contributed by atoms with van der Waals surface area (Å²) < 4.78 is 6.79. The fourth-order valence-electron chi connectivity index (χ4n) is 2.52. The van der Waals surface area contributed by atoms with Gasteiger partial charge in [-0.1, -0.05) is 20.8 Å². The lowest BCUT2D eigenvalue weighted by Gasteiger charge is -2.09. The summed E-state index contributed by atoms with van der Waals surface area (Å²) in [5.41, 5.74) is 0.888. The Morgan fingerprint density at radius 2 is 2.19 bits per heavy atom. The first-order valence-electron chi connectivity index (χ1n) is 8.50. The van der Waals surface area contributed by atoms with Crippen LogP contribution in [-0.4, -0.2) is 25.7 Å². The maximum absolute atomic E-state index is 12.2. The van der Waals surface area contributed by atoms with Crippen LogP contribution in [0.25, 0.3) is 17.4 Å². The SMILES string of the molecule is CCc1cc(=O)[nH]c(-n2nc(-c3ccco3)cc2NC(=O)CC(C)C)n1. The zero-order valence-corrected chi connectivity index (χ0v) is 14.9. The molecule has 0 aliphatic heterocycles. The summed E-state index contributed by atoms with van der Waals surface area (Å²) in [5.74, 6) is 1.29. The van der Waals surface area contributed by atoms with Gasteiger partial charge in [-0.3, -0.25) is 14.6 Å². The van der Waals surface area contributed by atoms with Gasteiger partial charge in [0.2, 0.25) is 11.9 Å². The second-order valence-corrected chi connectivity index (χ2v) is 6.36. The molecule has 2 N–H and O–H groups in total. The number of H-pyrrole nitrogens is 1. The fraction of sp³-hybridized carbons (Fsp3) is 0.333. The molecule has 0 aliphatic carbocycles. The molecule has 0 aliphatic rings. The number of furan rings is 1. The Morgan fingerprint density at radius 1 is 1.38 bits per heavy atom. The lowest BCUT2D eigenvalue weighted by molar-refractivity contribution is -0.116. The number of carbonyl (C=O) groups is 1. The molecule has 0 atom stereocenters. The Morgan fingerprint density at radius 3 is 2.85 bits per heavy atom. The van der Waals surface area contributed by atoms with Crippen LogP contribution < -0.4 is 10.9 Å². The van der Waals surface area contributed by atoms with Crippen LogP contribution in [0.5, 0.6) is 0 Å². The van der Waals surface area contributed by atoms with E-state index in [-0.39, 0.29) is 23.3 Å². The lowest BCUT2D eigenvalue weighted by atomic mass is 10.1. The van der Waals surface area contributed by atoms with E-state index in [0.29, 0.717) is 35.8 Å². The highest BCUT2D eigenvalue weighted by Crippen LogP contribution is 2.24. The summed E-state index contributed by atoms with van der Waals surface area (Å²) in [6.45, 7) is 5.85. The number of carbonyl (C=O) groups excluding carboxylic acids is 1. The number of hydrogen-bond donors (Lipinski definition) is 2. The van der Waals surface area contributed by atoms with Crippen LogP contribution in [-0.2, 0) is 11.2 Å². The summed E-state index contributed by atoms with van der Waals surface area (Å²) in [4.78, 5) is 31.2. The van der Waals surface area contributed by atoms with Crippen molar-refractivity contribution in [2.45, 2.75) is 33.6 Å². The maximum Gasteiger partial charge on any atom is 0.252 e. The van der Waals surface area contributed by atoms with Crippen molar-refractivity contribution in [3.63, 3.8) is 0 Å². The van der Waals surface area contributed by atoms with E-state index in [1.165, 1.54) is 10.7 Å². The largest absolute Gasteiger partial charge is 0.463 e. The van der Waals surface area contributed by atoms with Crippen molar-refractivity contribution >= 4 is 11.7 Å². The first kappa shape index (κ1) is 17.7. The summed E-state index contributed by atoms with van der Waals surface area (Å²) in [6.07, 6.45) is 2.53. The van der Waals surface area contributed by atoms with Crippen molar-refractivity contribution in [2.24, 2.45) is 5.92 Å². The molecule has 0 unspecified atom stereocenters. The van der Waals surface area contributed by atoms with E-state index in [4.69, 9.17) is 4.42 Å². The number of hydrogen-bond acceptors (Lipinski definition) is 5. The summed E-state index contributed by atoms with van der Waals surface area (Å²) >= 11 is 0. The van der Waals surface area contributed by atoms with Crippen molar-refractivity contribution in [3.8, 4) is 17.4 Å². The van der Waals surface area contributed by atoms with Gasteiger partial charge in [-0.2, -0.15) is 9.78 Å². The number of nitrogens with one attached hydrogen (secondary N) is 2. The molecule has 8 nitrogen and oxygen atoms in total. The summed E-state index contributed by atoms with van der Waals surface area (Å²) in [5, 5.41) is 7.28. The van der Waals surface area contributed by atoms with E-state index in [2.05, 4.69) is 20.4 Å². The van der Waals surface area contributed by atoms with Gasteiger partial charge in [-0.05, 0) is 24.5 Å². The van der Waals surface area contributed by atoms with Gasteiger partial charge in [0, 0.05) is 24.2 Å². The van der Waals surface area contributed by atoms with Crippen LogP contribution in [0, 0.1) is 5.92 Å². The normalized spacial score (nSPS) is 11.1. The maximum atomic E-state index is 12.2. The number of anilines is 1. The highest BCUT2D eigenvalue weighted by molar-refractivity contribution is 5.90. The Hall–Kier alpha value is -3.16. The molecule has 0 bridgehead atoms. The Bertz CT molecular complexity index is 954. The predicted molar refractivity (Wildman–Crippen MR) is 97.1 cm³/mol. The highest BCUT2D eigenvalue weighted by atomic mass is 16.3. The Labute approximate surface area is 150 Å². The highest BCUT2D eigenvalue weighted by Gasteiger charge is 2.17. The third-order valence-corrected chi connectivity index (χ3v) is 3.69. The minimum atomic E-state index is -0.277. The zero-order valence-electron chi connectivity index (χ0n) is 14.9. The van der Waals surface area contributed by atoms with E-state index in [9.17, 15) is 9.59 Å². The molecular formula is C18H21N5O3. The number of amides is 1. The number of rotatable bonds is 6. The van der Waals surface area contributed by atoms with E-state index in [1.54, 1.807) is 24.5 Å². The van der Waals surface area contributed by atoms with Crippen molar-refractivity contribution in [2.75, 3.05) is 5.32 Å². The fourth-order valence-corrected chi connectivity index (χ4v) is 2.52. The Kier molecular flexibility index (Phi) is 5.01. The van der Waals surface area contributed by atoms with Crippen LogP contribution in [0.1, 0.15) is 32.9 Å². The molecule has 0 radical (unpaired) electrons. The van der Waals surface area contributed by atoms with Crippen LogP contribution in [0.2, 0.25) is 0 Å². The van der Waals surface area contributed by atoms with Crippen LogP contribution >= 0.6 is 0 Å². The van der Waals surface area contributed by atoms with Gasteiger partial charge in [0.15, 0.2) is 5.76 Å². The molecule has 3 aromatic heterocycles. The standard InChI is InChI=1S/C18H21N5O3/c1-4-12-9-17(25)21-18(19-12)23-15(20-16(24)8-11(2)3)10-13(22-23)14-6-5-7-26-14/h5-7,9-11H,4,8H2,1-3H3,(H,20,24)(H,19,21,25). The van der Waals surface area contributed by atoms with E-state index in [1.807, 2.05) is 20.8 Å². The molecule has 0 saturated heterocycles. The molecule has 3 rings (SSSR count). The quantitative estimate of drug-likeness (QED) is 0.707. The Balaban J connectivity index is 2.06. The number of aromatic nitrogens is 4. The third-order valence-electron chi connectivity index (χ3n) is 3.69. The molecule has 1 amide bonds. The minimum absolute atomic E-state index is 0.138. The molecule has 0 saturated carbocycles. The van der Waals surface area contributed by atoms with Crippen molar-refractivity contribution in [1.82, 2.24) is 19.7 Å². The van der Waals surface area contributed by atoms with Crippen LogP contribution in [0.3, 0.4) is 0 Å². The number of aromatic amines is 1. The second kappa shape index (κ2) is 7.38.